The third-order valence-electron chi connectivity index (χ3n) is 3.12. The normalized spacial score (nSPS) is 19.4. The van der Waals surface area contributed by atoms with Gasteiger partial charge in [0.2, 0.25) is 0 Å². The van der Waals surface area contributed by atoms with E-state index in [0.717, 1.165) is 32.1 Å². The Morgan fingerprint density at radius 2 is 2.12 bits per heavy atom. The number of nitrogens with zero attached hydrogens (tertiary/aromatic N) is 2. The molecule has 0 spiro atoms. The zero-order valence-corrected chi connectivity index (χ0v) is 9.94. The van der Waals surface area contributed by atoms with Crippen molar-refractivity contribution in [3.8, 4) is 0 Å². The molecule has 0 bridgehead atoms. The van der Waals surface area contributed by atoms with E-state index in [9.17, 15) is 0 Å². The molecule has 1 atom stereocenters. The lowest BCUT2D eigenvalue weighted by Gasteiger charge is -2.32. The molecule has 2 heterocycles. The first kappa shape index (κ1) is 11.4. The van der Waals surface area contributed by atoms with Gasteiger partial charge in [-0.05, 0) is 18.6 Å². The number of hydrogen-bond donors (Lipinski definition) is 1. The summed E-state index contributed by atoms with van der Waals surface area (Å²) in [7, 11) is 1.88. The molecular formula is C12H19N3O. The van der Waals surface area contributed by atoms with Gasteiger partial charge in [0.1, 0.15) is 5.82 Å². The molecule has 1 saturated heterocycles. The Kier molecular flexibility index (Phi) is 3.74. The molecule has 1 aromatic heterocycles. The van der Waals surface area contributed by atoms with Gasteiger partial charge >= 0.3 is 0 Å². The number of rotatable bonds is 3. The number of pyridine rings is 1. The highest BCUT2D eigenvalue weighted by molar-refractivity contribution is 5.35. The van der Waals surface area contributed by atoms with E-state index >= 15 is 0 Å². The van der Waals surface area contributed by atoms with Gasteiger partial charge in [0.05, 0.1) is 13.2 Å². The molecular weight excluding hydrogens is 202 g/mol. The molecule has 88 valence electrons. The molecule has 1 unspecified atom stereocenters. The minimum atomic E-state index is 0.419. The van der Waals surface area contributed by atoms with E-state index in [-0.39, 0.29) is 0 Å². The average molecular weight is 221 g/mol. The molecule has 0 amide bonds. The number of aromatic nitrogens is 1. The van der Waals surface area contributed by atoms with Gasteiger partial charge in [0, 0.05) is 32.4 Å². The van der Waals surface area contributed by atoms with Gasteiger partial charge in [-0.15, -0.1) is 0 Å². The Morgan fingerprint density at radius 1 is 1.38 bits per heavy atom. The summed E-state index contributed by atoms with van der Waals surface area (Å²) in [5.41, 5.74) is 1.26. The Hall–Kier alpha value is -1.13. The molecule has 4 nitrogen and oxygen atoms in total. The van der Waals surface area contributed by atoms with Crippen molar-refractivity contribution >= 4 is 5.82 Å². The van der Waals surface area contributed by atoms with Crippen molar-refractivity contribution in [2.45, 2.75) is 13.0 Å². The molecule has 4 heteroatoms. The summed E-state index contributed by atoms with van der Waals surface area (Å²) in [6.45, 7) is 5.92. The standard InChI is InChI=1S/C12H19N3O/c1-10(15-5-7-16-8-6-15)11-3-4-12(13-2)14-9-11/h3-4,9-10H,5-8H2,1-2H3,(H,13,14). The molecule has 16 heavy (non-hydrogen) atoms. The van der Waals surface area contributed by atoms with Crippen LogP contribution in [0.1, 0.15) is 18.5 Å². The third-order valence-corrected chi connectivity index (χ3v) is 3.12. The average Bonchev–Trinajstić information content (AvgIpc) is 2.39. The zero-order chi connectivity index (χ0) is 11.4. The molecule has 0 aliphatic carbocycles. The van der Waals surface area contributed by atoms with Gasteiger partial charge in [0.15, 0.2) is 0 Å². The Morgan fingerprint density at radius 3 is 2.69 bits per heavy atom. The summed E-state index contributed by atoms with van der Waals surface area (Å²) in [5.74, 6) is 0.915. The van der Waals surface area contributed by atoms with Crippen LogP contribution in [0, 0.1) is 0 Å². The first-order valence-electron chi connectivity index (χ1n) is 5.77. The topological polar surface area (TPSA) is 37.4 Å². The fourth-order valence-corrected chi connectivity index (χ4v) is 1.98. The monoisotopic (exact) mass is 221 g/mol. The number of anilines is 1. The lowest BCUT2D eigenvalue weighted by atomic mass is 10.1. The van der Waals surface area contributed by atoms with Gasteiger partial charge in [-0.3, -0.25) is 4.90 Å². The predicted molar refractivity (Wildman–Crippen MR) is 64.6 cm³/mol. The fraction of sp³-hybridized carbons (Fsp3) is 0.583. The van der Waals surface area contributed by atoms with Crippen molar-refractivity contribution in [1.82, 2.24) is 9.88 Å². The molecule has 0 radical (unpaired) electrons. The second-order valence-electron chi connectivity index (χ2n) is 4.05. The quantitative estimate of drug-likeness (QED) is 0.839. The lowest BCUT2D eigenvalue weighted by molar-refractivity contribution is 0.0198. The first-order chi connectivity index (χ1) is 7.81. The fourth-order valence-electron chi connectivity index (χ4n) is 1.98. The number of morpholine rings is 1. The highest BCUT2D eigenvalue weighted by Crippen LogP contribution is 2.21. The smallest absolute Gasteiger partial charge is 0.125 e. The second kappa shape index (κ2) is 5.27. The summed E-state index contributed by atoms with van der Waals surface area (Å²) in [5, 5.41) is 3.03. The minimum absolute atomic E-state index is 0.419. The van der Waals surface area contributed by atoms with Gasteiger partial charge in [0.25, 0.3) is 0 Å². The second-order valence-corrected chi connectivity index (χ2v) is 4.05. The van der Waals surface area contributed by atoms with E-state index in [1.54, 1.807) is 0 Å². The summed E-state index contributed by atoms with van der Waals surface area (Å²) in [6.07, 6.45) is 1.95. The minimum Gasteiger partial charge on any atom is -0.379 e. The van der Waals surface area contributed by atoms with Gasteiger partial charge < -0.3 is 10.1 Å². The molecule has 1 aliphatic heterocycles. The zero-order valence-electron chi connectivity index (χ0n) is 9.94. The Balaban J connectivity index is 2.04. The van der Waals surface area contributed by atoms with E-state index in [1.807, 2.05) is 19.3 Å². The molecule has 1 aromatic rings. The van der Waals surface area contributed by atoms with Crippen LogP contribution in [-0.2, 0) is 4.74 Å². The van der Waals surface area contributed by atoms with Crippen LogP contribution < -0.4 is 5.32 Å². The molecule has 1 fully saturated rings. The van der Waals surface area contributed by atoms with Crippen LogP contribution in [0.3, 0.4) is 0 Å². The van der Waals surface area contributed by atoms with E-state index in [1.165, 1.54) is 5.56 Å². The van der Waals surface area contributed by atoms with Crippen LogP contribution >= 0.6 is 0 Å². The highest BCUT2D eigenvalue weighted by atomic mass is 16.5. The largest absolute Gasteiger partial charge is 0.379 e. The van der Waals surface area contributed by atoms with Gasteiger partial charge in [-0.25, -0.2) is 4.98 Å². The van der Waals surface area contributed by atoms with Crippen LogP contribution in [0.2, 0.25) is 0 Å². The van der Waals surface area contributed by atoms with Gasteiger partial charge in [-0.1, -0.05) is 6.07 Å². The maximum atomic E-state index is 5.35. The van der Waals surface area contributed by atoms with E-state index in [2.05, 4.69) is 28.2 Å². The van der Waals surface area contributed by atoms with E-state index < -0.39 is 0 Å². The molecule has 0 saturated carbocycles. The number of hydrogen-bond acceptors (Lipinski definition) is 4. The third kappa shape index (κ3) is 2.51. The number of ether oxygens (including phenoxy) is 1. The summed E-state index contributed by atoms with van der Waals surface area (Å²) in [6, 6.07) is 4.58. The van der Waals surface area contributed by atoms with Gasteiger partial charge in [-0.2, -0.15) is 0 Å². The van der Waals surface area contributed by atoms with Crippen LogP contribution in [-0.4, -0.2) is 43.2 Å². The highest BCUT2D eigenvalue weighted by Gasteiger charge is 2.18. The summed E-state index contributed by atoms with van der Waals surface area (Å²) in [4.78, 5) is 6.77. The SMILES string of the molecule is CNc1ccc(C(C)N2CCOCC2)cn1. The van der Waals surface area contributed by atoms with Crippen LogP contribution in [0.5, 0.6) is 0 Å². The Labute approximate surface area is 96.6 Å². The van der Waals surface area contributed by atoms with E-state index in [0.29, 0.717) is 6.04 Å². The predicted octanol–water partition coefficient (Wildman–Crippen LogP) is 1.52. The summed E-state index contributed by atoms with van der Waals surface area (Å²) >= 11 is 0. The van der Waals surface area contributed by atoms with Crippen LogP contribution in [0.25, 0.3) is 0 Å². The maximum Gasteiger partial charge on any atom is 0.125 e. The Bertz CT molecular complexity index is 320. The lowest BCUT2D eigenvalue weighted by Crippen LogP contribution is -2.38. The van der Waals surface area contributed by atoms with Crippen molar-refractivity contribution < 1.29 is 4.74 Å². The molecule has 2 rings (SSSR count). The van der Waals surface area contributed by atoms with Crippen molar-refractivity contribution in [2.24, 2.45) is 0 Å². The van der Waals surface area contributed by atoms with Crippen molar-refractivity contribution in [1.29, 1.82) is 0 Å². The number of nitrogens with one attached hydrogen (secondary N) is 1. The maximum absolute atomic E-state index is 5.35. The van der Waals surface area contributed by atoms with Crippen molar-refractivity contribution in [2.75, 3.05) is 38.7 Å². The molecule has 1 aliphatic rings. The molecule has 1 N–H and O–H groups in total. The first-order valence-corrected chi connectivity index (χ1v) is 5.77. The van der Waals surface area contributed by atoms with Crippen LogP contribution in [0.4, 0.5) is 5.82 Å². The van der Waals surface area contributed by atoms with E-state index in [4.69, 9.17) is 4.74 Å². The molecule has 0 aromatic carbocycles. The van der Waals surface area contributed by atoms with Crippen LogP contribution in [0.15, 0.2) is 18.3 Å². The summed E-state index contributed by atoms with van der Waals surface area (Å²) < 4.78 is 5.35. The van der Waals surface area contributed by atoms with Crippen molar-refractivity contribution in [3.63, 3.8) is 0 Å². The van der Waals surface area contributed by atoms with Crippen molar-refractivity contribution in [3.05, 3.63) is 23.9 Å².